The summed E-state index contributed by atoms with van der Waals surface area (Å²) in [5, 5.41) is 0. The molecule has 3 nitrogen and oxygen atoms in total. The van der Waals surface area contributed by atoms with Crippen LogP contribution in [0.25, 0.3) is 0 Å². The van der Waals surface area contributed by atoms with Gasteiger partial charge in [0, 0.05) is 5.92 Å². The molecule has 85 valence electrons. The van der Waals surface area contributed by atoms with Gasteiger partial charge < -0.3 is 5.73 Å². The van der Waals surface area contributed by atoms with Gasteiger partial charge in [-0.3, -0.25) is 9.69 Å². The third-order valence-electron chi connectivity index (χ3n) is 3.14. The number of nitrogens with two attached hydrogens (primary N) is 1. The quantitative estimate of drug-likeness (QED) is 0.808. The number of nitrogens with zero attached hydrogens (tertiary/aromatic N) is 1. The van der Waals surface area contributed by atoms with E-state index in [1.54, 1.807) is 0 Å². The molecule has 1 heterocycles. The van der Waals surface area contributed by atoms with Crippen LogP contribution in [0.5, 0.6) is 0 Å². The Bertz CT molecular complexity index is 363. The molecule has 0 aliphatic carbocycles. The molecule has 3 heteroatoms. The van der Waals surface area contributed by atoms with Crippen LogP contribution in [0.4, 0.5) is 0 Å². The lowest BCUT2D eigenvalue weighted by molar-refractivity contribution is -0.122. The smallest absolute Gasteiger partial charge is 0.235 e. The summed E-state index contributed by atoms with van der Waals surface area (Å²) >= 11 is 0. The van der Waals surface area contributed by atoms with E-state index in [9.17, 15) is 4.79 Å². The number of rotatable bonds is 2. The molecule has 0 bridgehead atoms. The average molecular weight is 217 g/mol. The van der Waals surface area contributed by atoms with Gasteiger partial charge in [-0.05, 0) is 32.0 Å². The van der Waals surface area contributed by atoms with Gasteiger partial charge in [-0.1, -0.05) is 30.3 Å². The summed E-state index contributed by atoms with van der Waals surface area (Å²) in [6.07, 6.45) is 2.05. The average Bonchev–Trinajstić information content (AvgIpc) is 2.29. The second kappa shape index (κ2) is 4.66. The van der Waals surface area contributed by atoms with Crippen LogP contribution in [0.1, 0.15) is 18.4 Å². The van der Waals surface area contributed by atoms with Crippen LogP contribution in [0.2, 0.25) is 0 Å². The van der Waals surface area contributed by atoms with E-state index in [1.807, 2.05) is 42.3 Å². The van der Waals surface area contributed by atoms with Crippen molar-refractivity contribution >= 4 is 5.91 Å². The minimum Gasteiger partial charge on any atom is -0.368 e. The van der Waals surface area contributed by atoms with E-state index in [4.69, 9.17) is 5.73 Å². The van der Waals surface area contributed by atoms with Gasteiger partial charge in [0.2, 0.25) is 5.91 Å². The summed E-state index contributed by atoms with van der Waals surface area (Å²) in [5.74, 6) is 0.905. The summed E-state index contributed by atoms with van der Waals surface area (Å²) in [6.45, 7) is 0.934. The fourth-order valence-corrected chi connectivity index (χ4v) is 2.39. The summed E-state index contributed by atoms with van der Waals surface area (Å²) in [5.41, 5.74) is 6.62. The number of amides is 1. The van der Waals surface area contributed by atoms with Crippen LogP contribution in [-0.4, -0.2) is 30.4 Å². The van der Waals surface area contributed by atoms with Crippen molar-refractivity contribution in [1.82, 2.24) is 4.90 Å². The fourth-order valence-electron chi connectivity index (χ4n) is 2.39. The molecule has 0 saturated carbocycles. The van der Waals surface area contributed by atoms with Gasteiger partial charge in [0.25, 0.3) is 0 Å². The first kappa shape index (κ1) is 11.1. The Balaban J connectivity index is 2.27. The first-order valence-electron chi connectivity index (χ1n) is 5.61. The maximum atomic E-state index is 11.5. The highest BCUT2D eigenvalue weighted by molar-refractivity contribution is 5.83. The zero-order valence-corrected chi connectivity index (χ0v) is 9.52. The number of hydrogen-bond donors (Lipinski definition) is 1. The van der Waals surface area contributed by atoms with Crippen LogP contribution in [0.15, 0.2) is 30.3 Å². The molecule has 1 saturated heterocycles. The Hall–Kier alpha value is -1.35. The fraction of sp³-hybridized carbons (Fsp3) is 0.385. The highest BCUT2D eigenvalue weighted by Gasteiger charge is 2.34. The Morgan fingerprint density at radius 2 is 2.06 bits per heavy atom. The molecule has 1 fully saturated rings. The van der Waals surface area contributed by atoms with Crippen molar-refractivity contribution in [1.29, 1.82) is 0 Å². The Labute approximate surface area is 96.2 Å². The van der Waals surface area contributed by atoms with E-state index in [1.165, 1.54) is 0 Å². The van der Waals surface area contributed by atoms with E-state index in [0.717, 1.165) is 30.9 Å². The molecular weight excluding hydrogens is 200 g/mol. The molecule has 1 aromatic rings. The highest BCUT2D eigenvalue weighted by Crippen LogP contribution is 2.30. The number of piperidine rings is 1. The third-order valence-corrected chi connectivity index (χ3v) is 3.14. The van der Waals surface area contributed by atoms with Crippen molar-refractivity contribution in [3.05, 3.63) is 41.8 Å². The number of likely N-dealkylation sites (N-methyl/N-ethyl adjacent to an activating group) is 1. The van der Waals surface area contributed by atoms with E-state index < -0.39 is 0 Å². The highest BCUT2D eigenvalue weighted by atomic mass is 16.1. The summed E-state index contributed by atoms with van der Waals surface area (Å²) in [4.78, 5) is 13.5. The summed E-state index contributed by atoms with van der Waals surface area (Å²) in [6, 6.07) is 9.82. The molecule has 0 aromatic heterocycles. The second-order valence-corrected chi connectivity index (χ2v) is 4.28. The van der Waals surface area contributed by atoms with E-state index in [-0.39, 0.29) is 11.9 Å². The molecule has 1 aliphatic heterocycles. The summed E-state index contributed by atoms with van der Waals surface area (Å²) < 4.78 is 0. The van der Waals surface area contributed by atoms with Crippen LogP contribution < -0.4 is 5.73 Å². The van der Waals surface area contributed by atoms with Crippen molar-refractivity contribution in [3.8, 4) is 0 Å². The molecule has 2 N–H and O–H groups in total. The Morgan fingerprint density at radius 3 is 2.69 bits per heavy atom. The topological polar surface area (TPSA) is 46.3 Å². The third kappa shape index (κ3) is 2.09. The van der Waals surface area contributed by atoms with Crippen molar-refractivity contribution in [2.24, 2.45) is 5.73 Å². The maximum absolute atomic E-state index is 11.5. The first-order chi connectivity index (χ1) is 7.70. The minimum absolute atomic E-state index is 0.240. The second-order valence-electron chi connectivity index (χ2n) is 4.28. The molecule has 16 heavy (non-hydrogen) atoms. The largest absolute Gasteiger partial charge is 0.368 e. The van der Waals surface area contributed by atoms with Gasteiger partial charge in [-0.2, -0.15) is 0 Å². The van der Waals surface area contributed by atoms with Crippen LogP contribution in [0.3, 0.4) is 0 Å². The van der Waals surface area contributed by atoms with Crippen LogP contribution in [0, 0.1) is 5.92 Å². The predicted octanol–water partition coefficient (Wildman–Crippen LogP) is 1.19. The number of carbonyl (C=O) groups excluding carboxylic acids is 1. The van der Waals surface area contributed by atoms with Gasteiger partial charge in [0.15, 0.2) is 0 Å². The van der Waals surface area contributed by atoms with Gasteiger partial charge >= 0.3 is 0 Å². The SMILES string of the molecule is CN1CCC[C](c2ccccc2)C1C(N)=O. The van der Waals surface area contributed by atoms with Crippen molar-refractivity contribution in [3.63, 3.8) is 0 Å². The lowest BCUT2D eigenvalue weighted by Crippen LogP contribution is -2.50. The molecule has 1 atom stereocenters. The number of primary amides is 1. The molecule has 1 aliphatic rings. The predicted molar refractivity (Wildman–Crippen MR) is 63.6 cm³/mol. The number of likely N-dealkylation sites (tertiary alicyclic amines) is 1. The zero-order chi connectivity index (χ0) is 11.5. The summed E-state index contributed by atoms with van der Waals surface area (Å²) in [7, 11) is 1.96. The Morgan fingerprint density at radius 1 is 1.38 bits per heavy atom. The van der Waals surface area contributed by atoms with Gasteiger partial charge in [0.1, 0.15) is 0 Å². The zero-order valence-electron chi connectivity index (χ0n) is 9.52. The molecule has 0 spiro atoms. The molecule has 2 rings (SSSR count). The lowest BCUT2D eigenvalue weighted by Gasteiger charge is -2.36. The van der Waals surface area contributed by atoms with E-state index in [0.29, 0.717) is 0 Å². The number of hydrogen-bond acceptors (Lipinski definition) is 2. The van der Waals surface area contributed by atoms with E-state index >= 15 is 0 Å². The number of carbonyl (C=O) groups is 1. The molecule has 1 amide bonds. The number of benzene rings is 1. The van der Waals surface area contributed by atoms with Crippen molar-refractivity contribution in [2.75, 3.05) is 13.6 Å². The van der Waals surface area contributed by atoms with Gasteiger partial charge in [0.05, 0.1) is 6.04 Å². The maximum Gasteiger partial charge on any atom is 0.235 e. The molecule has 1 unspecified atom stereocenters. The molecule has 1 radical (unpaired) electrons. The van der Waals surface area contributed by atoms with Gasteiger partial charge in [-0.25, -0.2) is 0 Å². The van der Waals surface area contributed by atoms with Crippen molar-refractivity contribution < 1.29 is 4.79 Å². The normalized spacial score (nSPS) is 23.2. The monoisotopic (exact) mass is 217 g/mol. The minimum atomic E-state index is -0.249. The van der Waals surface area contributed by atoms with Gasteiger partial charge in [-0.15, -0.1) is 0 Å². The Kier molecular flexibility index (Phi) is 3.25. The van der Waals surface area contributed by atoms with Crippen LogP contribution in [-0.2, 0) is 4.79 Å². The lowest BCUT2D eigenvalue weighted by atomic mass is 9.83. The van der Waals surface area contributed by atoms with Crippen LogP contribution >= 0.6 is 0 Å². The van der Waals surface area contributed by atoms with E-state index in [2.05, 4.69) is 0 Å². The molecule has 1 aromatic carbocycles. The standard InChI is InChI=1S/C13H17N2O/c1-15-9-5-8-11(12(15)13(14)16)10-6-3-2-4-7-10/h2-4,6-7,12H,5,8-9H2,1H3,(H2,14,16). The first-order valence-corrected chi connectivity index (χ1v) is 5.61. The molecular formula is C13H17N2O. The van der Waals surface area contributed by atoms with Crippen molar-refractivity contribution in [2.45, 2.75) is 18.9 Å².